The van der Waals surface area contributed by atoms with E-state index in [4.69, 9.17) is 0 Å². The minimum Gasteiger partial charge on any atom is -1.00 e. The molecule has 2 aromatic carbocycles. The molecule has 6 unspecified atom stereocenters. The van der Waals surface area contributed by atoms with Crippen LogP contribution in [-0.4, -0.2) is 4.21 Å². The molecule has 0 aromatic heterocycles. The zero-order valence-electron chi connectivity index (χ0n) is 23.2. The van der Waals surface area contributed by atoms with E-state index in [0.29, 0.717) is 23.7 Å². The molecular formula is C35H38Cl2F2Zr-2. The van der Waals surface area contributed by atoms with Crippen molar-refractivity contribution in [3.8, 4) is 0 Å². The standard InChI is InChI=1S/2C17H18F.CH2.2ClH.Zr/c2*1-12-10-13-6-2-3-7-14(16(13)11-12)15-8-4-5-9-17(15)18;;;;/h2*2-6,8-10,12,14,16H,7,11H2,1H3;1H2;2*1H;/q2*-1;;;;+2/p-2. The van der Waals surface area contributed by atoms with Gasteiger partial charge in [0.2, 0.25) is 0 Å². The van der Waals surface area contributed by atoms with E-state index in [1.54, 1.807) is 24.3 Å². The first-order valence-electron chi connectivity index (χ1n) is 13.8. The largest absolute Gasteiger partial charge is 1.00 e. The first-order chi connectivity index (χ1) is 18.5. The molecular weight excluding hydrogens is 621 g/mol. The van der Waals surface area contributed by atoms with Crippen LogP contribution in [0.2, 0.25) is 0 Å². The summed E-state index contributed by atoms with van der Waals surface area (Å²) >= 11 is 1.30. The molecule has 6 rings (SSSR count). The number of hydrogen-bond donors (Lipinski definition) is 0. The Labute approximate surface area is 267 Å². The van der Waals surface area contributed by atoms with Crippen LogP contribution >= 0.6 is 0 Å². The van der Waals surface area contributed by atoms with Crippen molar-refractivity contribution in [1.82, 2.24) is 0 Å². The summed E-state index contributed by atoms with van der Waals surface area (Å²) in [6, 6.07) is 14.5. The maximum absolute atomic E-state index is 14.0. The fourth-order valence-electron chi connectivity index (χ4n) is 6.64. The molecule has 6 atom stereocenters. The van der Waals surface area contributed by atoms with E-state index < -0.39 is 0 Å². The predicted octanol–water partition coefficient (Wildman–Crippen LogP) is 3.28. The minimum atomic E-state index is -0.0586. The van der Waals surface area contributed by atoms with Gasteiger partial charge < -0.3 is 24.8 Å². The Balaban J connectivity index is 0.000000252. The van der Waals surface area contributed by atoms with Crippen LogP contribution < -0.4 is 24.8 Å². The molecule has 0 aliphatic heterocycles. The molecule has 40 heavy (non-hydrogen) atoms. The van der Waals surface area contributed by atoms with Crippen molar-refractivity contribution in [3.63, 3.8) is 0 Å². The zero-order chi connectivity index (χ0) is 27.1. The summed E-state index contributed by atoms with van der Waals surface area (Å²) in [5.41, 5.74) is 4.54. The van der Waals surface area contributed by atoms with Crippen LogP contribution in [0, 0.1) is 48.1 Å². The van der Waals surface area contributed by atoms with E-state index in [2.05, 4.69) is 67.4 Å². The summed E-state index contributed by atoms with van der Waals surface area (Å²) in [7, 11) is 0. The van der Waals surface area contributed by atoms with Gasteiger partial charge in [-0.2, -0.15) is 0 Å². The zero-order valence-corrected chi connectivity index (χ0v) is 27.2. The summed E-state index contributed by atoms with van der Waals surface area (Å²) in [6.07, 6.45) is 21.8. The molecule has 0 saturated heterocycles. The van der Waals surface area contributed by atoms with Gasteiger partial charge in [-0.25, -0.2) is 44.9 Å². The Morgan fingerprint density at radius 3 is 1.40 bits per heavy atom. The van der Waals surface area contributed by atoms with E-state index in [-0.39, 0.29) is 48.3 Å². The molecule has 0 N–H and O–H groups in total. The van der Waals surface area contributed by atoms with Crippen LogP contribution in [0.5, 0.6) is 0 Å². The van der Waals surface area contributed by atoms with Crippen LogP contribution in [0.1, 0.15) is 62.5 Å². The molecule has 4 aliphatic rings. The Bertz CT molecular complexity index is 1120. The van der Waals surface area contributed by atoms with Gasteiger partial charge in [-0.05, 0) is 59.8 Å². The van der Waals surface area contributed by atoms with E-state index in [1.165, 1.54) is 35.4 Å². The molecule has 2 aromatic rings. The van der Waals surface area contributed by atoms with Gasteiger partial charge in [-0.3, -0.25) is 0 Å². The second kappa shape index (κ2) is 16.7. The van der Waals surface area contributed by atoms with E-state index >= 15 is 0 Å². The number of hydrogen-bond acceptors (Lipinski definition) is 0. The number of fused-ring (bicyclic) bond motifs is 2. The van der Waals surface area contributed by atoms with Crippen molar-refractivity contribution >= 4 is 4.21 Å². The van der Waals surface area contributed by atoms with Crippen LogP contribution in [-0.2, 0) is 24.2 Å². The molecule has 0 radical (unpaired) electrons. The SMILES string of the molecule is CC1[CH-]C2=CC=CCC(c3ccccc3F)C2C1.CC1[CH-]C2=CC=CCC(c3ccccc3F)C2C1.[CH2]=[Zr+2].[Cl-].[Cl-]. The Morgan fingerprint density at radius 1 is 0.650 bits per heavy atom. The van der Waals surface area contributed by atoms with Crippen molar-refractivity contribution in [2.24, 2.45) is 23.7 Å². The average molecular weight is 659 g/mol. The maximum atomic E-state index is 14.0. The summed E-state index contributed by atoms with van der Waals surface area (Å²) in [5.74, 6) is 2.64. The third-order valence-corrected chi connectivity index (χ3v) is 8.27. The number of rotatable bonds is 2. The molecule has 0 nitrogen and oxygen atoms in total. The van der Waals surface area contributed by atoms with E-state index in [9.17, 15) is 8.78 Å². The van der Waals surface area contributed by atoms with Gasteiger partial charge in [-0.15, -0.1) is 24.3 Å². The van der Waals surface area contributed by atoms with Gasteiger partial charge in [0.25, 0.3) is 0 Å². The summed E-state index contributed by atoms with van der Waals surface area (Å²) in [4.78, 5) is 0. The minimum absolute atomic E-state index is 0. The van der Waals surface area contributed by atoms with Gasteiger partial charge >= 0.3 is 28.4 Å². The quantitative estimate of drug-likeness (QED) is 0.435. The molecule has 0 amide bonds. The molecule has 0 spiro atoms. The molecule has 212 valence electrons. The average Bonchev–Trinajstić information content (AvgIpc) is 3.34. The number of halogens is 4. The molecule has 4 aliphatic carbocycles. The van der Waals surface area contributed by atoms with Crippen molar-refractivity contribution < 1.29 is 57.8 Å². The fourth-order valence-corrected chi connectivity index (χ4v) is 6.64. The normalized spacial score (nSPS) is 27.4. The molecule has 5 heteroatoms. The Kier molecular flexibility index (Phi) is 14.4. The van der Waals surface area contributed by atoms with Crippen molar-refractivity contribution in [2.45, 2.75) is 51.4 Å². The summed E-state index contributed by atoms with van der Waals surface area (Å²) < 4.78 is 31.4. The summed E-state index contributed by atoms with van der Waals surface area (Å²) in [6.45, 7) is 4.50. The Hall–Kier alpha value is -1.67. The maximum Gasteiger partial charge on any atom is -1.00 e. The van der Waals surface area contributed by atoms with Crippen LogP contribution in [0.3, 0.4) is 0 Å². The molecule has 2 fully saturated rings. The monoisotopic (exact) mass is 656 g/mol. The fraction of sp³-hybridized carbons (Fsp3) is 0.343. The van der Waals surface area contributed by atoms with Crippen LogP contribution in [0.25, 0.3) is 0 Å². The molecule has 0 bridgehead atoms. The second-order valence-corrected chi connectivity index (χ2v) is 10.9. The predicted molar refractivity (Wildman–Crippen MR) is 152 cm³/mol. The smallest absolute Gasteiger partial charge is 1.00 e. The summed E-state index contributed by atoms with van der Waals surface area (Å²) in [5, 5.41) is 0. The Morgan fingerprint density at radius 2 is 1.02 bits per heavy atom. The van der Waals surface area contributed by atoms with Crippen molar-refractivity contribution in [1.29, 1.82) is 0 Å². The van der Waals surface area contributed by atoms with Gasteiger partial charge in [0.05, 0.1) is 0 Å². The van der Waals surface area contributed by atoms with Gasteiger partial charge in [0, 0.05) is 0 Å². The van der Waals surface area contributed by atoms with Crippen molar-refractivity contribution in [2.75, 3.05) is 0 Å². The molecule has 2 saturated carbocycles. The number of benzene rings is 2. The van der Waals surface area contributed by atoms with Crippen LogP contribution in [0.15, 0.2) is 96.1 Å². The first-order valence-corrected chi connectivity index (χ1v) is 15.5. The van der Waals surface area contributed by atoms with E-state index in [1.807, 2.05) is 24.3 Å². The number of allylic oxidation sites excluding steroid dienone is 8. The van der Waals surface area contributed by atoms with E-state index in [0.717, 1.165) is 36.8 Å². The second-order valence-electron chi connectivity index (χ2n) is 10.9. The molecule has 0 heterocycles. The third-order valence-electron chi connectivity index (χ3n) is 8.27. The first kappa shape index (κ1) is 34.5. The third kappa shape index (κ3) is 8.21. The van der Waals surface area contributed by atoms with Crippen molar-refractivity contribution in [3.05, 3.63) is 132 Å². The van der Waals surface area contributed by atoms with Gasteiger partial charge in [0.15, 0.2) is 0 Å². The topological polar surface area (TPSA) is 0 Å². The van der Waals surface area contributed by atoms with Crippen LogP contribution in [0.4, 0.5) is 8.78 Å². The van der Waals surface area contributed by atoms with Gasteiger partial charge in [0.1, 0.15) is 11.6 Å². The van der Waals surface area contributed by atoms with Gasteiger partial charge in [-0.1, -0.05) is 74.9 Å².